The maximum Gasteiger partial charge on any atom is 0.237 e. The van der Waals surface area contributed by atoms with Gasteiger partial charge in [-0.3, -0.25) is 4.79 Å². The van der Waals surface area contributed by atoms with Crippen LogP contribution in [0, 0.1) is 19.7 Å². The van der Waals surface area contributed by atoms with Crippen molar-refractivity contribution >= 4 is 23.4 Å². The van der Waals surface area contributed by atoms with Crippen LogP contribution in [0.3, 0.4) is 0 Å². The Morgan fingerprint density at radius 2 is 1.93 bits per heavy atom. The summed E-state index contributed by atoms with van der Waals surface area (Å²) in [6.45, 7) is 5.36. The number of thioether (sulfide) groups is 1. The number of hydrogen-bond donors (Lipinski definition) is 2. The summed E-state index contributed by atoms with van der Waals surface area (Å²) in [6, 6.07) is 12.3. The van der Waals surface area contributed by atoms with Crippen LogP contribution in [-0.2, 0) is 4.79 Å². The van der Waals surface area contributed by atoms with E-state index in [1.165, 1.54) is 22.5 Å². The molecule has 1 aromatic heterocycles. The third-order valence-corrected chi connectivity index (χ3v) is 5.20. The summed E-state index contributed by atoms with van der Waals surface area (Å²) in [6.07, 6.45) is 0. The molecule has 8 heteroatoms. The van der Waals surface area contributed by atoms with Gasteiger partial charge in [-0.2, -0.15) is 0 Å². The first-order valence-corrected chi connectivity index (χ1v) is 9.25. The smallest absolute Gasteiger partial charge is 0.237 e. The summed E-state index contributed by atoms with van der Waals surface area (Å²) in [5, 5.41) is 10.9. The molecule has 0 fully saturated rings. The summed E-state index contributed by atoms with van der Waals surface area (Å²) >= 11 is 1.18. The molecule has 6 nitrogen and oxygen atoms in total. The van der Waals surface area contributed by atoms with E-state index in [0.717, 1.165) is 11.1 Å². The fourth-order valence-corrected chi connectivity index (χ4v) is 3.26. The second-order valence-electron chi connectivity index (χ2n) is 6.20. The van der Waals surface area contributed by atoms with Crippen molar-refractivity contribution in [2.45, 2.75) is 31.2 Å². The number of nitrogens with zero attached hydrogens (tertiary/aromatic N) is 3. The van der Waals surface area contributed by atoms with E-state index in [0.29, 0.717) is 22.2 Å². The van der Waals surface area contributed by atoms with Crippen LogP contribution in [0.4, 0.5) is 10.1 Å². The zero-order valence-electron chi connectivity index (χ0n) is 15.2. The quantitative estimate of drug-likeness (QED) is 0.518. The van der Waals surface area contributed by atoms with E-state index in [4.69, 9.17) is 5.84 Å². The number of aromatic nitrogens is 3. The standard InChI is InChI=1S/C19H20FN5OS/c1-11-6-4-5-7-15(11)17-23-24-19(25(17)21)27-13(3)18(26)22-14-9-8-12(2)16(20)10-14/h4-10,13H,21H2,1-3H3,(H,22,26)/t13-/m1/s1. The number of carbonyl (C=O) groups is 1. The Bertz CT molecular complexity index is 988. The molecule has 0 spiro atoms. The second-order valence-corrected chi connectivity index (χ2v) is 7.51. The van der Waals surface area contributed by atoms with E-state index in [1.807, 2.05) is 31.2 Å². The number of anilines is 1. The number of nitrogens with two attached hydrogens (primary N) is 1. The van der Waals surface area contributed by atoms with Gasteiger partial charge in [0.1, 0.15) is 5.82 Å². The summed E-state index contributed by atoms with van der Waals surface area (Å²) < 4.78 is 15.0. The SMILES string of the molecule is Cc1ccc(NC(=O)[C@@H](C)Sc2nnc(-c3ccccc3C)n2N)cc1F. The van der Waals surface area contributed by atoms with Crippen molar-refractivity contribution < 1.29 is 9.18 Å². The van der Waals surface area contributed by atoms with Gasteiger partial charge in [0.2, 0.25) is 11.1 Å². The highest BCUT2D eigenvalue weighted by Crippen LogP contribution is 2.27. The predicted molar refractivity (Wildman–Crippen MR) is 105 cm³/mol. The van der Waals surface area contributed by atoms with Gasteiger partial charge in [-0.05, 0) is 44.0 Å². The molecular weight excluding hydrogens is 365 g/mol. The van der Waals surface area contributed by atoms with Crippen LogP contribution in [0.15, 0.2) is 47.6 Å². The van der Waals surface area contributed by atoms with Crippen molar-refractivity contribution in [3.63, 3.8) is 0 Å². The number of hydrogen-bond acceptors (Lipinski definition) is 5. The van der Waals surface area contributed by atoms with Gasteiger partial charge in [0.05, 0.1) is 5.25 Å². The minimum absolute atomic E-state index is 0.274. The zero-order valence-corrected chi connectivity index (χ0v) is 16.0. The lowest BCUT2D eigenvalue weighted by Gasteiger charge is -2.12. The van der Waals surface area contributed by atoms with Gasteiger partial charge in [0, 0.05) is 11.3 Å². The largest absolute Gasteiger partial charge is 0.335 e. The first-order chi connectivity index (χ1) is 12.9. The van der Waals surface area contributed by atoms with Crippen LogP contribution in [-0.4, -0.2) is 26.0 Å². The average Bonchev–Trinajstić information content (AvgIpc) is 2.99. The molecule has 0 unspecified atom stereocenters. The van der Waals surface area contributed by atoms with Gasteiger partial charge in [-0.25, -0.2) is 9.07 Å². The molecule has 0 saturated carbocycles. The molecule has 1 amide bonds. The Hall–Kier alpha value is -2.87. The molecule has 0 aliphatic heterocycles. The molecular formula is C19H20FN5OS. The Kier molecular flexibility index (Phi) is 5.46. The lowest BCUT2D eigenvalue weighted by atomic mass is 10.1. The Labute approximate surface area is 161 Å². The van der Waals surface area contributed by atoms with E-state index in [1.54, 1.807) is 26.0 Å². The van der Waals surface area contributed by atoms with Gasteiger partial charge in [-0.15, -0.1) is 10.2 Å². The van der Waals surface area contributed by atoms with Gasteiger partial charge in [0.25, 0.3) is 0 Å². The molecule has 3 N–H and O–H groups in total. The van der Waals surface area contributed by atoms with Gasteiger partial charge in [0.15, 0.2) is 5.82 Å². The van der Waals surface area contributed by atoms with E-state index in [9.17, 15) is 9.18 Å². The summed E-state index contributed by atoms with van der Waals surface area (Å²) in [4.78, 5) is 12.4. The van der Waals surface area contributed by atoms with Crippen molar-refractivity contribution in [2.75, 3.05) is 11.2 Å². The molecule has 140 valence electrons. The fourth-order valence-electron chi connectivity index (χ4n) is 2.49. The molecule has 2 aromatic carbocycles. The van der Waals surface area contributed by atoms with Crippen molar-refractivity contribution in [1.82, 2.24) is 14.9 Å². The molecule has 0 aliphatic carbocycles. The van der Waals surface area contributed by atoms with Gasteiger partial charge >= 0.3 is 0 Å². The van der Waals surface area contributed by atoms with E-state index < -0.39 is 5.25 Å². The Morgan fingerprint density at radius 1 is 1.19 bits per heavy atom. The second kappa shape index (κ2) is 7.79. The molecule has 27 heavy (non-hydrogen) atoms. The summed E-state index contributed by atoms with van der Waals surface area (Å²) in [5.74, 6) is 6.02. The third kappa shape index (κ3) is 4.11. The molecule has 1 atom stereocenters. The van der Waals surface area contributed by atoms with Crippen LogP contribution in [0.25, 0.3) is 11.4 Å². The highest BCUT2D eigenvalue weighted by molar-refractivity contribution is 8.00. The first-order valence-electron chi connectivity index (χ1n) is 8.37. The maximum absolute atomic E-state index is 13.6. The number of rotatable bonds is 5. The number of benzene rings is 2. The van der Waals surface area contributed by atoms with Gasteiger partial charge in [-0.1, -0.05) is 42.1 Å². The minimum Gasteiger partial charge on any atom is -0.335 e. The third-order valence-electron chi connectivity index (χ3n) is 4.14. The Morgan fingerprint density at radius 3 is 2.63 bits per heavy atom. The topological polar surface area (TPSA) is 85.8 Å². The van der Waals surface area contributed by atoms with Crippen molar-refractivity contribution in [3.05, 3.63) is 59.4 Å². The number of halogens is 1. The summed E-state index contributed by atoms with van der Waals surface area (Å²) in [5.41, 5.74) is 2.84. The number of amides is 1. The van der Waals surface area contributed by atoms with Crippen LogP contribution in [0.2, 0.25) is 0 Å². The number of nitrogen functional groups attached to an aromatic ring is 1. The minimum atomic E-state index is -0.495. The van der Waals surface area contributed by atoms with E-state index in [-0.39, 0.29) is 11.7 Å². The average molecular weight is 385 g/mol. The van der Waals surface area contributed by atoms with Crippen LogP contribution < -0.4 is 11.2 Å². The van der Waals surface area contributed by atoms with Crippen molar-refractivity contribution in [1.29, 1.82) is 0 Å². The predicted octanol–water partition coefficient (Wildman–Crippen LogP) is 3.53. The number of aryl methyl sites for hydroxylation is 2. The Balaban J connectivity index is 1.72. The van der Waals surface area contributed by atoms with Crippen LogP contribution in [0.5, 0.6) is 0 Å². The monoisotopic (exact) mass is 385 g/mol. The van der Waals surface area contributed by atoms with Gasteiger partial charge < -0.3 is 11.2 Å². The first kappa shape index (κ1) is 18.9. The number of carbonyl (C=O) groups excluding carboxylic acids is 1. The molecule has 3 aromatic rings. The highest BCUT2D eigenvalue weighted by atomic mass is 32.2. The zero-order chi connectivity index (χ0) is 19.6. The summed E-state index contributed by atoms with van der Waals surface area (Å²) in [7, 11) is 0. The maximum atomic E-state index is 13.6. The molecule has 0 radical (unpaired) electrons. The molecule has 0 bridgehead atoms. The highest BCUT2D eigenvalue weighted by Gasteiger charge is 2.20. The van der Waals surface area contributed by atoms with Crippen LogP contribution >= 0.6 is 11.8 Å². The van der Waals surface area contributed by atoms with Crippen molar-refractivity contribution in [3.8, 4) is 11.4 Å². The molecule has 0 saturated heterocycles. The number of nitrogens with one attached hydrogen (secondary N) is 1. The normalized spacial score (nSPS) is 12.0. The fraction of sp³-hybridized carbons (Fsp3) is 0.211. The lowest BCUT2D eigenvalue weighted by Crippen LogP contribution is -2.23. The van der Waals surface area contributed by atoms with E-state index >= 15 is 0 Å². The molecule has 1 heterocycles. The molecule has 3 rings (SSSR count). The van der Waals surface area contributed by atoms with Crippen molar-refractivity contribution in [2.24, 2.45) is 0 Å². The van der Waals surface area contributed by atoms with E-state index in [2.05, 4.69) is 15.5 Å². The lowest BCUT2D eigenvalue weighted by molar-refractivity contribution is -0.115. The van der Waals surface area contributed by atoms with Crippen LogP contribution in [0.1, 0.15) is 18.1 Å². The molecule has 0 aliphatic rings.